The highest BCUT2D eigenvalue weighted by Gasteiger charge is 2.34. The van der Waals surface area contributed by atoms with Crippen molar-refractivity contribution in [2.75, 3.05) is 33.2 Å². The van der Waals surface area contributed by atoms with Crippen LogP contribution in [0.3, 0.4) is 0 Å². The second kappa shape index (κ2) is 7.61. The van der Waals surface area contributed by atoms with Crippen LogP contribution in [0.1, 0.15) is 52.4 Å². The second-order valence-corrected chi connectivity index (χ2v) is 6.39. The molecule has 0 aromatic rings. The Morgan fingerprint density at radius 2 is 1.84 bits per heavy atom. The summed E-state index contributed by atoms with van der Waals surface area (Å²) in [5, 5.41) is 3.77. The number of likely N-dealkylation sites (N-methyl/N-ethyl adjacent to an activating group) is 1. The highest BCUT2D eigenvalue weighted by molar-refractivity contribution is 4.92. The molecule has 1 aliphatic carbocycles. The summed E-state index contributed by atoms with van der Waals surface area (Å²) in [6, 6.07) is 2.34. The minimum Gasteiger partial charge on any atom is -0.312 e. The van der Waals surface area contributed by atoms with Gasteiger partial charge in [-0.05, 0) is 65.3 Å². The molecule has 19 heavy (non-hydrogen) atoms. The first-order valence-electron chi connectivity index (χ1n) is 8.44. The lowest BCUT2D eigenvalue weighted by atomic mass is 10.00. The summed E-state index contributed by atoms with van der Waals surface area (Å²) in [6.45, 7) is 9.55. The summed E-state index contributed by atoms with van der Waals surface area (Å²) in [5.74, 6) is 0. The zero-order valence-corrected chi connectivity index (χ0v) is 13.2. The van der Waals surface area contributed by atoms with Gasteiger partial charge in [0.15, 0.2) is 0 Å². The fraction of sp³-hybridized carbons (Fsp3) is 1.00. The van der Waals surface area contributed by atoms with Crippen molar-refractivity contribution in [3.8, 4) is 0 Å². The highest BCUT2D eigenvalue weighted by Crippen LogP contribution is 2.27. The molecule has 2 unspecified atom stereocenters. The average molecular weight is 267 g/mol. The summed E-state index contributed by atoms with van der Waals surface area (Å²) in [7, 11) is 2.38. The zero-order chi connectivity index (χ0) is 13.7. The molecule has 0 radical (unpaired) electrons. The van der Waals surface area contributed by atoms with E-state index in [9.17, 15) is 0 Å². The fourth-order valence-corrected chi connectivity index (χ4v) is 3.91. The number of likely N-dealkylation sites (tertiary alicyclic amines) is 1. The van der Waals surface area contributed by atoms with Crippen LogP contribution in [0.4, 0.5) is 0 Å². The quantitative estimate of drug-likeness (QED) is 0.797. The largest absolute Gasteiger partial charge is 0.312 e. The lowest BCUT2D eigenvalue weighted by Crippen LogP contribution is -2.52. The molecule has 2 aliphatic rings. The number of nitrogens with zero attached hydrogens (tertiary/aromatic N) is 2. The van der Waals surface area contributed by atoms with Gasteiger partial charge < -0.3 is 10.2 Å². The van der Waals surface area contributed by atoms with Crippen LogP contribution in [0.2, 0.25) is 0 Å². The number of nitrogens with one attached hydrogen (secondary N) is 1. The molecule has 1 aliphatic heterocycles. The van der Waals surface area contributed by atoms with Gasteiger partial charge in [0.2, 0.25) is 0 Å². The predicted molar refractivity (Wildman–Crippen MR) is 82.6 cm³/mol. The molecule has 3 nitrogen and oxygen atoms in total. The molecule has 2 atom stereocenters. The van der Waals surface area contributed by atoms with Gasteiger partial charge in [-0.15, -0.1) is 0 Å². The molecule has 0 aromatic carbocycles. The SMILES string of the molecule is CCCNC1CCCC1N(C)C1CCN(CC)CC1. The van der Waals surface area contributed by atoms with Gasteiger partial charge in [-0.1, -0.05) is 20.3 Å². The van der Waals surface area contributed by atoms with Crippen LogP contribution in [-0.2, 0) is 0 Å². The molecule has 1 N–H and O–H groups in total. The summed E-state index contributed by atoms with van der Waals surface area (Å²) < 4.78 is 0. The van der Waals surface area contributed by atoms with Gasteiger partial charge in [0.1, 0.15) is 0 Å². The van der Waals surface area contributed by atoms with E-state index in [1.165, 1.54) is 64.7 Å². The van der Waals surface area contributed by atoms with Crippen molar-refractivity contribution in [2.24, 2.45) is 0 Å². The van der Waals surface area contributed by atoms with Crippen molar-refractivity contribution in [2.45, 2.75) is 70.5 Å². The Hall–Kier alpha value is -0.120. The predicted octanol–water partition coefficient (Wildman–Crippen LogP) is 2.32. The topological polar surface area (TPSA) is 18.5 Å². The van der Waals surface area contributed by atoms with E-state index in [0.29, 0.717) is 0 Å². The minimum absolute atomic E-state index is 0.745. The smallest absolute Gasteiger partial charge is 0.0249 e. The van der Waals surface area contributed by atoms with Crippen molar-refractivity contribution in [1.29, 1.82) is 0 Å². The van der Waals surface area contributed by atoms with Crippen LogP contribution in [0.25, 0.3) is 0 Å². The van der Waals surface area contributed by atoms with E-state index in [1.54, 1.807) is 0 Å². The van der Waals surface area contributed by atoms with Gasteiger partial charge in [-0.25, -0.2) is 0 Å². The lowest BCUT2D eigenvalue weighted by Gasteiger charge is -2.41. The molecular weight excluding hydrogens is 234 g/mol. The molecule has 112 valence electrons. The summed E-state index contributed by atoms with van der Waals surface area (Å²) >= 11 is 0. The molecule has 0 spiro atoms. The van der Waals surface area contributed by atoms with E-state index in [-0.39, 0.29) is 0 Å². The van der Waals surface area contributed by atoms with Crippen molar-refractivity contribution >= 4 is 0 Å². The van der Waals surface area contributed by atoms with Crippen molar-refractivity contribution in [1.82, 2.24) is 15.1 Å². The molecule has 0 aromatic heterocycles. The third-order valence-corrected chi connectivity index (χ3v) is 5.24. The first kappa shape index (κ1) is 15.3. The van der Waals surface area contributed by atoms with Crippen LogP contribution in [-0.4, -0.2) is 61.2 Å². The van der Waals surface area contributed by atoms with E-state index >= 15 is 0 Å². The molecule has 2 fully saturated rings. The van der Waals surface area contributed by atoms with Crippen molar-refractivity contribution in [3.05, 3.63) is 0 Å². The summed E-state index contributed by atoms with van der Waals surface area (Å²) in [5.41, 5.74) is 0. The van der Waals surface area contributed by atoms with E-state index < -0.39 is 0 Å². The molecule has 3 heteroatoms. The van der Waals surface area contributed by atoms with Gasteiger partial charge in [-0.2, -0.15) is 0 Å². The number of hydrogen-bond acceptors (Lipinski definition) is 3. The van der Waals surface area contributed by atoms with Gasteiger partial charge in [0, 0.05) is 18.1 Å². The number of hydrogen-bond donors (Lipinski definition) is 1. The Morgan fingerprint density at radius 3 is 2.47 bits per heavy atom. The van der Waals surface area contributed by atoms with E-state index in [1.807, 2.05) is 0 Å². The standard InChI is InChI=1S/C16H33N3/c1-4-11-17-15-7-6-8-16(15)18(3)14-9-12-19(5-2)13-10-14/h14-17H,4-13H2,1-3H3. The van der Waals surface area contributed by atoms with E-state index in [0.717, 1.165) is 18.1 Å². The maximum absolute atomic E-state index is 3.77. The third-order valence-electron chi connectivity index (χ3n) is 5.24. The summed E-state index contributed by atoms with van der Waals surface area (Å²) in [6.07, 6.45) is 8.16. The average Bonchev–Trinajstić information content (AvgIpc) is 2.92. The Labute approximate surface area is 119 Å². The minimum atomic E-state index is 0.745. The van der Waals surface area contributed by atoms with Crippen LogP contribution >= 0.6 is 0 Å². The third kappa shape index (κ3) is 3.93. The summed E-state index contributed by atoms with van der Waals surface area (Å²) in [4.78, 5) is 5.30. The highest BCUT2D eigenvalue weighted by atomic mass is 15.2. The van der Waals surface area contributed by atoms with Crippen LogP contribution < -0.4 is 5.32 Å². The Balaban J connectivity index is 1.83. The molecular formula is C16H33N3. The molecule has 1 saturated carbocycles. The second-order valence-electron chi connectivity index (χ2n) is 6.39. The molecule has 1 saturated heterocycles. The zero-order valence-electron chi connectivity index (χ0n) is 13.2. The Bertz CT molecular complexity index is 248. The molecule has 2 rings (SSSR count). The first-order chi connectivity index (χ1) is 9.26. The monoisotopic (exact) mass is 267 g/mol. The van der Waals surface area contributed by atoms with Crippen LogP contribution in [0, 0.1) is 0 Å². The van der Waals surface area contributed by atoms with Crippen molar-refractivity contribution < 1.29 is 0 Å². The molecule has 0 amide bonds. The van der Waals surface area contributed by atoms with E-state index in [2.05, 4.69) is 36.0 Å². The Kier molecular flexibility index (Phi) is 6.11. The normalized spacial score (nSPS) is 30.3. The van der Waals surface area contributed by atoms with Crippen LogP contribution in [0.15, 0.2) is 0 Å². The molecule has 0 bridgehead atoms. The maximum Gasteiger partial charge on any atom is 0.0249 e. The van der Waals surface area contributed by atoms with Gasteiger partial charge in [0.05, 0.1) is 0 Å². The van der Waals surface area contributed by atoms with Gasteiger partial charge in [0.25, 0.3) is 0 Å². The van der Waals surface area contributed by atoms with Gasteiger partial charge in [-0.3, -0.25) is 4.90 Å². The van der Waals surface area contributed by atoms with Crippen LogP contribution in [0.5, 0.6) is 0 Å². The van der Waals surface area contributed by atoms with E-state index in [4.69, 9.17) is 0 Å². The number of rotatable bonds is 6. The van der Waals surface area contributed by atoms with Gasteiger partial charge >= 0.3 is 0 Å². The molecule has 1 heterocycles. The lowest BCUT2D eigenvalue weighted by molar-refractivity contribution is 0.0895. The first-order valence-corrected chi connectivity index (χ1v) is 8.44. The maximum atomic E-state index is 3.77. The number of piperidine rings is 1. The van der Waals surface area contributed by atoms with Crippen molar-refractivity contribution in [3.63, 3.8) is 0 Å². The fourth-order valence-electron chi connectivity index (χ4n) is 3.91. The Morgan fingerprint density at radius 1 is 1.11 bits per heavy atom.